The first-order chi connectivity index (χ1) is 10.7. The minimum absolute atomic E-state index is 0.282. The molecule has 1 aromatic carbocycles. The van der Waals surface area contributed by atoms with Crippen molar-refractivity contribution in [1.29, 1.82) is 0 Å². The minimum atomic E-state index is 0.282. The largest absolute Gasteiger partial charge is 0.493 e. The number of benzene rings is 1. The molecule has 0 amide bonds. The van der Waals surface area contributed by atoms with Crippen molar-refractivity contribution >= 4 is 0 Å². The second-order valence-corrected chi connectivity index (χ2v) is 5.55. The van der Waals surface area contributed by atoms with Crippen molar-refractivity contribution in [2.75, 3.05) is 41.1 Å². The molecule has 1 aromatic rings. The predicted octanol–water partition coefficient (Wildman–Crippen LogP) is 2.33. The van der Waals surface area contributed by atoms with Crippen molar-refractivity contribution in [2.24, 2.45) is 0 Å². The van der Waals surface area contributed by atoms with E-state index in [2.05, 4.69) is 17.0 Å². The molecule has 1 aliphatic rings. The van der Waals surface area contributed by atoms with Crippen LogP contribution in [0.5, 0.6) is 11.5 Å². The fraction of sp³-hybridized carbons (Fsp3) is 0.647. The fourth-order valence-corrected chi connectivity index (χ4v) is 2.99. The second kappa shape index (κ2) is 8.36. The highest BCUT2D eigenvalue weighted by Crippen LogP contribution is 2.30. The first-order valence-electron chi connectivity index (χ1n) is 7.77. The normalized spacial score (nSPS) is 22.0. The van der Waals surface area contributed by atoms with Gasteiger partial charge in [-0.15, -0.1) is 0 Å². The number of hydrogen-bond donors (Lipinski definition) is 0. The Bertz CT molecular complexity index is 466. The molecule has 124 valence electrons. The van der Waals surface area contributed by atoms with Gasteiger partial charge in [-0.2, -0.15) is 0 Å². The van der Waals surface area contributed by atoms with Gasteiger partial charge >= 0.3 is 0 Å². The van der Waals surface area contributed by atoms with E-state index in [9.17, 15) is 0 Å². The topological polar surface area (TPSA) is 40.2 Å². The van der Waals surface area contributed by atoms with Crippen LogP contribution in [0.15, 0.2) is 18.2 Å². The molecule has 0 radical (unpaired) electrons. The van der Waals surface area contributed by atoms with E-state index in [1.54, 1.807) is 21.3 Å². The Kier molecular flexibility index (Phi) is 6.49. The zero-order chi connectivity index (χ0) is 15.9. The lowest BCUT2D eigenvalue weighted by molar-refractivity contribution is 0.106. The highest BCUT2D eigenvalue weighted by atomic mass is 16.5. The zero-order valence-corrected chi connectivity index (χ0v) is 14.0. The summed E-state index contributed by atoms with van der Waals surface area (Å²) >= 11 is 0. The van der Waals surface area contributed by atoms with Crippen molar-refractivity contribution in [2.45, 2.75) is 32.0 Å². The molecule has 5 heteroatoms. The van der Waals surface area contributed by atoms with Crippen molar-refractivity contribution in [3.8, 4) is 11.5 Å². The van der Waals surface area contributed by atoms with E-state index in [1.165, 1.54) is 5.56 Å². The van der Waals surface area contributed by atoms with Gasteiger partial charge in [0.15, 0.2) is 11.5 Å². The van der Waals surface area contributed by atoms with Gasteiger partial charge in [0.2, 0.25) is 0 Å². The summed E-state index contributed by atoms with van der Waals surface area (Å²) in [6, 6.07) is 6.51. The summed E-state index contributed by atoms with van der Waals surface area (Å²) in [5, 5.41) is 0. The van der Waals surface area contributed by atoms with E-state index >= 15 is 0 Å². The highest BCUT2D eigenvalue weighted by Gasteiger charge is 2.32. The molecule has 0 N–H and O–H groups in total. The van der Waals surface area contributed by atoms with Crippen LogP contribution in [0.3, 0.4) is 0 Å². The predicted molar refractivity (Wildman–Crippen MR) is 85.7 cm³/mol. The molecule has 0 aromatic heterocycles. The minimum Gasteiger partial charge on any atom is -0.493 e. The summed E-state index contributed by atoms with van der Waals surface area (Å²) in [6.07, 6.45) is 1.29. The van der Waals surface area contributed by atoms with E-state index in [1.807, 2.05) is 13.0 Å². The molecule has 0 spiro atoms. The quantitative estimate of drug-likeness (QED) is 0.737. The van der Waals surface area contributed by atoms with Crippen LogP contribution in [-0.4, -0.2) is 58.1 Å². The summed E-state index contributed by atoms with van der Waals surface area (Å²) < 4.78 is 21.9. The Labute approximate surface area is 133 Å². The third-order valence-electron chi connectivity index (χ3n) is 4.10. The van der Waals surface area contributed by atoms with E-state index in [0.717, 1.165) is 37.6 Å². The maximum atomic E-state index is 5.66. The van der Waals surface area contributed by atoms with Crippen LogP contribution in [0.1, 0.15) is 18.9 Å². The van der Waals surface area contributed by atoms with Crippen molar-refractivity contribution in [1.82, 2.24) is 4.90 Å². The van der Waals surface area contributed by atoms with Crippen molar-refractivity contribution in [3.63, 3.8) is 0 Å². The van der Waals surface area contributed by atoms with Crippen molar-refractivity contribution in [3.05, 3.63) is 23.8 Å². The van der Waals surface area contributed by atoms with Gasteiger partial charge in [-0.1, -0.05) is 6.07 Å². The van der Waals surface area contributed by atoms with Gasteiger partial charge < -0.3 is 18.9 Å². The lowest BCUT2D eigenvalue weighted by Crippen LogP contribution is -2.32. The van der Waals surface area contributed by atoms with E-state index in [-0.39, 0.29) is 6.10 Å². The molecule has 2 rings (SSSR count). The molecule has 22 heavy (non-hydrogen) atoms. The Hall–Kier alpha value is -1.30. The average molecular weight is 309 g/mol. The van der Waals surface area contributed by atoms with Crippen LogP contribution < -0.4 is 9.47 Å². The lowest BCUT2D eigenvalue weighted by atomic mass is 10.1. The van der Waals surface area contributed by atoms with Gasteiger partial charge in [-0.3, -0.25) is 4.90 Å². The number of likely N-dealkylation sites (tertiary alicyclic amines) is 1. The molecule has 0 unspecified atom stereocenters. The van der Waals surface area contributed by atoms with E-state index in [0.29, 0.717) is 12.6 Å². The number of hydrogen-bond acceptors (Lipinski definition) is 5. The third kappa shape index (κ3) is 4.12. The highest BCUT2D eigenvalue weighted by molar-refractivity contribution is 5.43. The Morgan fingerprint density at radius 2 is 2.00 bits per heavy atom. The molecule has 0 bridgehead atoms. The monoisotopic (exact) mass is 309 g/mol. The number of nitrogens with zero attached hydrogens (tertiary/aromatic N) is 1. The molecule has 5 nitrogen and oxygen atoms in total. The van der Waals surface area contributed by atoms with Gasteiger partial charge in [0, 0.05) is 33.4 Å². The van der Waals surface area contributed by atoms with Crippen LogP contribution in [-0.2, 0) is 16.0 Å². The summed E-state index contributed by atoms with van der Waals surface area (Å²) in [5.74, 6) is 1.57. The van der Waals surface area contributed by atoms with Gasteiger partial charge in [0.05, 0.1) is 26.4 Å². The van der Waals surface area contributed by atoms with Gasteiger partial charge in [0.1, 0.15) is 0 Å². The molecule has 1 fully saturated rings. The van der Waals surface area contributed by atoms with Crippen LogP contribution in [0.4, 0.5) is 0 Å². The van der Waals surface area contributed by atoms with Crippen molar-refractivity contribution < 1.29 is 18.9 Å². The number of rotatable bonds is 8. The number of ether oxygens (including phenoxy) is 4. The smallest absolute Gasteiger partial charge is 0.161 e. The molecular weight excluding hydrogens is 282 g/mol. The Balaban J connectivity index is 2.09. The summed E-state index contributed by atoms with van der Waals surface area (Å²) in [7, 11) is 5.19. The van der Waals surface area contributed by atoms with Gasteiger partial charge in [-0.25, -0.2) is 0 Å². The SMILES string of the molecule is CCOc1cc(CN2C[C@H](OC)C[C@H]2COC)ccc1OC. The average Bonchev–Trinajstić information content (AvgIpc) is 2.90. The second-order valence-electron chi connectivity index (χ2n) is 5.55. The van der Waals surface area contributed by atoms with E-state index < -0.39 is 0 Å². The standard InChI is InChI=1S/C17H27NO4/c1-5-22-17-8-13(6-7-16(17)21-4)10-18-11-15(20-3)9-14(18)12-19-2/h6-8,14-15H,5,9-12H2,1-4H3/t14-,15+/m0/s1. The van der Waals surface area contributed by atoms with Crippen LogP contribution in [0.2, 0.25) is 0 Å². The molecule has 1 aliphatic heterocycles. The Morgan fingerprint density at radius 1 is 1.18 bits per heavy atom. The zero-order valence-electron chi connectivity index (χ0n) is 14.0. The molecular formula is C17H27NO4. The van der Waals surface area contributed by atoms with Gasteiger partial charge in [-0.05, 0) is 31.0 Å². The maximum absolute atomic E-state index is 5.66. The third-order valence-corrected chi connectivity index (χ3v) is 4.10. The molecule has 0 aliphatic carbocycles. The molecule has 2 atom stereocenters. The summed E-state index contributed by atoms with van der Waals surface area (Å²) in [4.78, 5) is 2.41. The van der Waals surface area contributed by atoms with Crippen LogP contribution in [0.25, 0.3) is 0 Å². The first kappa shape index (κ1) is 17.1. The first-order valence-corrected chi connectivity index (χ1v) is 7.77. The van der Waals surface area contributed by atoms with E-state index in [4.69, 9.17) is 18.9 Å². The maximum Gasteiger partial charge on any atom is 0.161 e. The van der Waals surface area contributed by atoms with Crippen LogP contribution >= 0.6 is 0 Å². The van der Waals surface area contributed by atoms with Gasteiger partial charge in [0.25, 0.3) is 0 Å². The molecule has 0 saturated carbocycles. The van der Waals surface area contributed by atoms with Crippen LogP contribution in [0, 0.1) is 0 Å². The molecule has 1 saturated heterocycles. The lowest BCUT2D eigenvalue weighted by Gasteiger charge is -2.24. The molecule has 1 heterocycles. The number of methoxy groups -OCH3 is 3. The fourth-order valence-electron chi connectivity index (χ4n) is 2.99. The summed E-state index contributed by atoms with van der Waals surface area (Å²) in [6.45, 7) is 5.12. The summed E-state index contributed by atoms with van der Waals surface area (Å²) in [5.41, 5.74) is 1.21. The Morgan fingerprint density at radius 3 is 2.64 bits per heavy atom.